The Morgan fingerprint density at radius 2 is 1.43 bits per heavy atom. The van der Waals surface area contributed by atoms with Crippen LogP contribution in [0.15, 0.2) is 72.8 Å². The molecule has 0 bridgehead atoms. The number of hydrogen-bond donors (Lipinski definition) is 0. The molecular weight excluding hydrogens is 464 g/mol. The van der Waals surface area contributed by atoms with Gasteiger partial charge in [0.15, 0.2) is 0 Å². The fourth-order valence-electron chi connectivity index (χ4n) is 4.20. The topological polar surface area (TPSA) is 59.1 Å². The first kappa shape index (κ1) is 24.6. The zero-order valence-electron chi connectivity index (χ0n) is 19.8. The third-order valence-electron chi connectivity index (χ3n) is 6.13. The second-order valence-corrected chi connectivity index (χ2v) is 8.80. The maximum absolute atomic E-state index is 13.4. The Hall–Kier alpha value is -3.51. The van der Waals surface area contributed by atoms with Gasteiger partial charge in [-0.05, 0) is 30.7 Å². The molecule has 7 heteroatoms. The van der Waals surface area contributed by atoms with Crippen LogP contribution in [-0.4, -0.2) is 54.9 Å². The highest BCUT2D eigenvalue weighted by molar-refractivity contribution is 6.31. The number of hydrogen-bond acceptors (Lipinski definition) is 4. The van der Waals surface area contributed by atoms with Crippen LogP contribution in [0.1, 0.15) is 27.9 Å². The van der Waals surface area contributed by atoms with Crippen molar-refractivity contribution in [3.8, 4) is 11.5 Å². The van der Waals surface area contributed by atoms with Gasteiger partial charge in [0.05, 0.1) is 19.1 Å². The van der Waals surface area contributed by atoms with Crippen molar-refractivity contribution < 1.29 is 19.1 Å². The summed E-state index contributed by atoms with van der Waals surface area (Å²) in [6.45, 7) is 2.42. The lowest BCUT2D eigenvalue weighted by molar-refractivity contribution is -0.130. The van der Waals surface area contributed by atoms with Crippen molar-refractivity contribution in [2.75, 3.05) is 33.3 Å². The number of carbonyl (C=O) groups is 2. The van der Waals surface area contributed by atoms with Crippen molar-refractivity contribution >= 4 is 23.4 Å². The molecule has 6 nitrogen and oxygen atoms in total. The quantitative estimate of drug-likeness (QED) is 0.473. The van der Waals surface area contributed by atoms with Gasteiger partial charge in [0.2, 0.25) is 5.91 Å². The Kier molecular flexibility index (Phi) is 8.27. The van der Waals surface area contributed by atoms with Crippen molar-refractivity contribution in [3.63, 3.8) is 0 Å². The maximum atomic E-state index is 13.4. The van der Waals surface area contributed by atoms with Crippen LogP contribution in [0.25, 0.3) is 0 Å². The van der Waals surface area contributed by atoms with Crippen molar-refractivity contribution in [1.29, 1.82) is 0 Å². The summed E-state index contributed by atoms with van der Waals surface area (Å²) in [4.78, 5) is 30.0. The molecule has 0 N–H and O–H groups in total. The molecule has 1 aliphatic rings. The molecule has 0 aliphatic carbocycles. The number of ether oxygens (including phenoxy) is 2. The minimum Gasteiger partial charge on any atom is -0.496 e. The lowest BCUT2D eigenvalue weighted by Gasteiger charge is -2.23. The van der Waals surface area contributed by atoms with Crippen molar-refractivity contribution in [1.82, 2.24) is 9.80 Å². The van der Waals surface area contributed by atoms with Gasteiger partial charge in [0, 0.05) is 42.3 Å². The number of nitrogens with zero attached hydrogens (tertiary/aromatic N) is 2. The normalized spacial score (nSPS) is 13.8. The third kappa shape index (κ3) is 6.14. The Labute approximate surface area is 211 Å². The third-order valence-corrected chi connectivity index (χ3v) is 6.50. The Morgan fingerprint density at radius 1 is 0.800 bits per heavy atom. The molecular formula is C28H29ClN2O4. The molecule has 3 aromatic carbocycles. The number of benzene rings is 3. The van der Waals surface area contributed by atoms with E-state index < -0.39 is 0 Å². The number of methoxy groups -OCH3 is 1. The van der Waals surface area contributed by atoms with Gasteiger partial charge >= 0.3 is 0 Å². The number of halogens is 1. The predicted octanol–water partition coefficient (Wildman–Crippen LogP) is 4.84. The Balaban J connectivity index is 1.39. The number of amides is 2. The molecule has 35 heavy (non-hydrogen) atoms. The minimum atomic E-state index is -0.0983. The summed E-state index contributed by atoms with van der Waals surface area (Å²) in [6, 6.07) is 22.3. The monoisotopic (exact) mass is 492 g/mol. The lowest BCUT2D eigenvalue weighted by atomic mass is 10.1. The van der Waals surface area contributed by atoms with Crippen LogP contribution in [0.2, 0.25) is 5.02 Å². The van der Waals surface area contributed by atoms with Crippen LogP contribution in [0.4, 0.5) is 0 Å². The van der Waals surface area contributed by atoms with Crippen molar-refractivity contribution in [2.45, 2.75) is 19.4 Å². The van der Waals surface area contributed by atoms with Crippen LogP contribution < -0.4 is 9.47 Å². The SMILES string of the molecule is COc1ccccc1CC(=O)N1CCCN(C(=O)c2ccccc2OCc2ccccc2Cl)CC1. The molecule has 0 saturated carbocycles. The number of para-hydroxylation sites is 2. The molecule has 0 atom stereocenters. The number of carbonyl (C=O) groups excluding carboxylic acids is 2. The van der Waals surface area contributed by atoms with E-state index in [-0.39, 0.29) is 24.8 Å². The highest BCUT2D eigenvalue weighted by Gasteiger charge is 2.25. The summed E-state index contributed by atoms with van der Waals surface area (Å²) >= 11 is 6.25. The predicted molar refractivity (Wildman–Crippen MR) is 136 cm³/mol. The Morgan fingerprint density at radius 3 is 2.20 bits per heavy atom. The second kappa shape index (κ2) is 11.8. The van der Waals surface area contributed by atoms with Gasteiger partial charge in [0.25, 0.3) is 5.91 Å². The number of rotatable bonds is 7. The summed E-state index contributed by atoms with van der Waals surface area (Å²) in [6.07, 6.45) is 0.989. The van der Waals surface area contributed by atoms with Gasteiger partial charge in [0.1, 0.15) is 18.1 Å². The van der Waals surface area contributed by atoms with Crippen LogP contribution in [0.5, 0.6) is 11.5 Å². The van der Waals surface area contributed by atoms with Crippen LogP contribution in [0.3, 0.4) is 0 Å². The molecule has 3 aromatic rings. The lowest BCUT2D eigenvalue weighted by Crippen LogP contribution is -2.38. The van der Waals surface area contributed by atoms with E-state index in [1.54, 1.807) is 24.1 Å². The molecule has 0 spiro atoms. The van der Waals surface area contributed by atoms with Crippen molar-refractivity contribution in [2.24, 2.45) is 0 Å². The fourth-order valence-corrected chi connectivity index (χ4v) is 4.39. The molecule has 4 rings (SSSR count). The zero-order chi connectivity index (χ0) is 24.6. The smallest absolute Gasteiger partial charge is 0.257 e. The van der Waals surface area contributed by atoms with Gasteiger partial charge in [-0.1, -0.05) is 60.1 Å². The minimum absolute atomic E-state index is 0.0345. The first-order valence-corrected chi connectivity index (χ1v) is 12.1. The van der Waals surface area contributed by atoms with E-state index >= 15 is 0 Å². The van der Waals surface area contributed by atoms with E-state index in [0.717, 1.165) is 11.1 Å². The van der Waals surface area contributed by atoms with E-state index in [2.05, 4.69) is 0 Å². The van der Waals surface area contributed by atoms with Crippen LogP contribution in [-0.2, 0) is 17.8 Å². The first-order chi connectivity index (χ1) is 17.1. The van der Waals surface area contributed by atoms with Crippen LogP contribution >= 0.6 is 11.6 Å². The zero-order valence-corrected chi connectivity index (χ0v) is 20.5. The van der Waals surface area contributed by atoms with Crippen LogP contribution in [0, 0.1) is 0 Å². The molecule has 1 saturated heterocycles. The molecule has 0 radical (unpaired) electrons. The van der Waals surface area contributed by atoms with E-state index in [1.807, 2.05) is 65.6 Å². The molecule has 1 aliphatic heterocycles. The largest absolute Gasteiger partial charge is 0.496 e. The average Bonchev–Trinajstić information content (AvgIpc) is 3.15. The summed E-state index contributed by atoms with van der Waals surface area (Å²) in [7, 11) is 1.61. The molecule has 2 amide bonds. The molecule has 182 valence electrons. The molecule has 1 fully saturated rings. The van der Waals surface area contributed by atoms with Crippen molar-refractivity contribution in [3.05, 3.63) is 94.5 Å². The molecule has 0 unspecified atom stereocenters. The van der Waals surface area contributed by atoms with Gasteiger partial charge in [-0.15, -0.1) is 0 Å². The molecule has 1 heterocycles. The second-order valence-electron chi connectivity index (χ2n) is 8.39. The highest BCUT2D eigenvalue weighted by atomic mass is 35.5. The standard InChI is InChI=1S/C28H29ClN2O4/c1-34-25-13-6-3-9-21(25)19-27(32)30-15-8-16-31(18-17-30)28(33)23-11-4-7-14-26(23)35-20-22-10-2-5-12-24(22)29/h2-7,9-14H,8,15-20H2,1H3. The van der Waals surface area contributed by atoms with E-state index in [9.17, 15) is 9.59 Å². The van der Waals surface area contributed by atoms with E-state index in [1.165, 1.54) is 0 Å². The molecule has 0 aromatic heterocycles. The van der Waals surface area contributed by atoms with Gasteiger partial charge in [-0.3, -0.25) is 9.59 Å². The van der Waals surface area contributed by atoms with Gasteiger partial charge < -0.3 is 19.3 Å². The van der Waals surface area contributed by atoms with E-state index in [4.69, 9.17) is 21.1 Å². The van der Waals surface area contributed by atoms with Gasteiger partial charge in [-0.25, -0.2) is 0 Å². The summed E-state index contributed by atoms with van der Waals surface area (Å²) in [5, 5.41) is 0.627. The summed E-state index contributed by atoms with van der Waals surface area (Å²) < 4.78 is 11.4. The summed E-state index contributed by atoms with van der Waals surface area (Å²) in [5.41, 5.74) is 2.23. The van der Waals surface area contributed by atoms with Gasteiger partial charge in [-0.2, -0.15) is 0 Å². The fraction of sp³-hybridized carbons (Fsp3) is 0.286. The average molecular weight is 493 g/mol. The first-order valence-electron chi connectivity index (χ1n) is 11.7. The highest BCUT2D eigenvalue weighted by Crippen LogP contribution is 2.24. The maximum Gasteiger partial charge on any atom is 0.257 e. The van der Waals surface area contributed by atoms with E-state index in [0.29, 0.717) is 54.7 Å². The Bertz CT molecular complexity index is 1180. The summed E-state index contributed by atoms with van der Waals surface area (Å²) in [5.74, 6) is 1.16.